The molecule has 0 atom stereocenters. The number of rotatable bonds is 3. The van der Waals surface area contributed by atoms with E-state index in [1.54, 1.807) is 30.6 Å². The van der Waals surface area contributed by atoms with Gasteiger partial charge in [0.05, 0.1) is 17.0 Å². The number of aryl methyl sites for hydroxylation is 1. The van der Waals surface area contributed by atoms with E-state index in [9.17, 15) is 13.2 Å². The van der Waals surface area contributed by atoms with Crippen molar-refractivity contribution in [3.8, 4) is 33.9 Å². The SMILES string of the molecule is Cc1ccc(-c2nc(-c3cccc(C(F)(F)F)c3)c(-c3ccncc3)[nH]2)cc1. The van der Waals surface area contributed by atoms with Crippen LogP contribution in [0.15, 0.2) is 73.1 Å². The van der Waals surface area contributed by atoms with E-state index in [4.69, 9.17) is 0 Å². The van der Waals surface area contributed by atoms with Crippen LogP contribution < -0.4 is 0 Å². The Morgan fingerprint density at radius 3 is 2.21 bits per heavy atom. The molecule has 2 aromatic carbocycles. The van der Waals surface area contributed by atoms with Gasteiger partial charge in [0.1, 0.15) is 5.82 Å². The number of halogens is 3. The smallest absolute Gasteiger partial charge is 0.337 e. The lowest BCUT2D eigenvalue weighted by Gasteiger charge is -2.08. The van der Waals surface area contributed by atoms with E-state index < -0.39 is 11.7 Å². The van der Waals surface area contributed by atoms with Gasteiger partial charge in [-0.1, -0.05) is 42.0 Å². The molecular formula is C22H16F3N3. The summed E-state index contributed by atoms with van der Waals surface area (Å²) >= 11 is 0. The number of imidazole rings is 1. The highest BCUT2D eigenvalue weighted by Gasteiger charge is 2.31. The second kappa shape index (κ2) is 6.96. The molecule has 1 N–H and O–H groups in total. The summed E-state index contributed by atoms with van der Waals surface area (Å²) < 4.78 is 39.5. The van der Waals surface area contributed by atoms with E-state index in [2.05, 4.69) is 15.0 Å². The summed E-state index contributed by atoms with van der Waals surface area (Å²) in [6.45, 7) is 1.99. The molecule has 0 aliphatic heterocycles. The van der Waals surface area contributed by atoms with Crippen molar-refractivity contribution >= 4 is 0 Å². The third-order valence-corrected chi connectivity index (χ3v) is 4.46. The third-order valence-electron chi connectivity index (χ3n) is 4.46. The standard InChI is InChI=1S/C22H16F3N3/c1-14-5-7-16(8-6-14)21-27-19(15-9-11-26-12-10-15)20(28-21)17-3-2-4-18(13-17)22(23,24)25/h2-13H,1H3,(H,27,28). The third kappa shape index (κ3) is 3.53. The fourth-order valence-corrected chi connectivity index (χ4v) is 3.00. The first-order valence-electron chi connectivity index (χ1n) is 8.67. The van der Waals surface area contributed by atoms with Crippen LogP contribution >= 0.6 is 0 Å². The Hall–Kier alpha value is -3.41. The highest BCUT2D eigenvalue weighted by atomic mass is 19.4. The van der Waals surface area contributed by atoms with Gasteiger partial charge in [-0.25, -0.2) is 4.98 Å². The number of pyridine rings is 1. The van der Waals surface area contributed by atoms with Crippen molar-refractivity contribution in [1.82, 2.24) is 15.0 Å². The van der Waals surface area contributed by atoms with Crippen LogP contribution in [-0.2, 0) is 6.18 Å². The summed E-state index contributed by atoms with van der Waals surface area (Å²) in [6.07, 6.45) is -1.14. The van der Waals surface area contributed by atoms with Gasteiger partial charge in [0.25, 0.3) is 0 Å². The fourth-order valence-electron chi connectivity index (χ4n) is 3.00. The molecule has 0 saturated carbocycles. The normalized spacial score (nSPS) is 11.6. The molecule has 0 spiro atoms. The Labute approximate surface area is 159 Å². The molecule has 2 aromatic heterocycles. The number of H-pyrrole nitrogens is 1. The average Bonchev–Trinajstić information content (AvgIpc) is 3.14. The Kier molecular flexibility index (Phi) is 4.47. The molecule has 0 fully saturated rings. The molecule has 4 rings (SSSR count). The molecule has 0 aliphatic rings. The predicted molar refractivity (Wildman–Crippen MR) is 102 cm³/mol. The van der Waals surface area contributed by atoms with Crippen molar-refractivity contribution in [2.45, 2.75) is 13.1 Å². The fraction of sp³-hybridized carbons (Fsp3) is 0.0909. The summed E-state index contributed by atoms with van der Waals surface area (Å²) in [5, 5.41) is 0. The van der Waals surface area contributed by atoms with Gasteiger partial charge < -0.3 is 4.98 Å². The van der Waals surface area contributed by atoms with E-state index in [0.29, 0.717) is 22.8 Å². The zero-order valence-electron chi connectivity index (χ0n) is 15.0. The summed E-state index contributed by atoms with van der Waals surface area (Å²) in [5.41, 5.74) is 3.59. The topological polar surface area (TPSA) is 41.6 Å². The molecule has 0 saturated heterocycles. The minimum atomic E-state index is -4.41. The van der Waals surface area contributed by atoms with Gasteiger partial charge in [-0.15, -0.1) is 0 Å². The maximum absolute atomic E-state index is 13.2. The Morgan fingerprint density at radius 1 is 0.821 bits per heavy atom. The number of aromatic nitrogens is 3. The second-order valence-corrected chi connectivity index (χ2v) is 6.49. The number of nitrogens with one attached hydrogen (secondary N) is 1. The van der Waals surface area contributed by atoms with Crippen molar-refractivity contribution in [3.63, 3.8) is 0 Å². The van der Waals surface area contributed by atoms with Crippen LogP contribution in [-0.4, -0.2) is 15.0 Å². The molecule has 28 heavy (non-hydrogen) atoms. The van der Waals surface area contributed by atoms with Crippen LogP contribution in [0.1, 0.15) is 11.1 Å². The molecule has 2 heterocycles. The highest BCUT2D eigenvalue weighted by molar-refractivity contribution is 5.81. The van der Waals surface area contributed by atoms with Crippen molar-refractivity contribution in [1.29, 1.82) is 0 Å². The number of nitrogens with zero attached hydrogens (tertiary/aromatic N) is 2. The maximum Gasteiger partial charge on any atom is 0.416 e. The lowest BCUT2D eigenvalue weighted by molar-refractivity contribution is -0.137. The van der Waals surface area contributed by atoms with E-state index in [1.165, 1.54) is 6.07 Å². The van der Waals surface area contributed by atoms with Crippen molar-refractivity contribution < 1.29 is 13.2 Å². The van der Waals surface area contributed by atoms with Crippen LogP contribution in [0.2, 0.25) is 0 Å². The van der Waals surface area contributed by atoms with E-state index in [1.807, 2.05) is 31.2 Å². The molecule has 0 radical (unpaired) electrons. The minimum Gasteiger partial charge on any atom is -0.337 e. The van der Waals surface area contributed by atoms with Crippen molar-refractivity contribution in [3.05, 3.63) is 84.2 Å². The van der Waals surface area contributed by atoms with Crippen molar-refractivity contribution in [2.24, 2.45) is 0 Å². The maximum atomic E-state index is 13.2. The van der Waals surface area contributed by atoms with Gasteiger partial charge in [-0.05, 0) is 31.2 Å². The molecular weight excluding hydrogens is 363 g/mol. The summed E-state index contributed by atoms with van der Waals surface area (Å²) in [4.78, 5) is 11.9. The summed E-state index contributed by atoms with van der Waals surface area (Å²) in [6, 6.07) is 16.6. The molecule has 140 valence electrons. The highest BCUT2D eigenvalue weighted by Crippen LogP contribution is 2.36. The average molecular weight is 379 g/mol. The van der Waals surface area contributed by atoms with Gasteiger partial charge in [0, 0.05) is 29.1 Å². The first-order valence-corrected chi connectivity index (χ1v) is 8.67. The van der Waals surface area contributed by atoms with Crippen LogP contribution in [0.4, 0.5) is 13.2 Å². The zero-order chi connectivity index (χ0) is 19.7. The van der Waals surface area contributed by atoms with E-state index >= 15 is 0 Å². The predicted octanol–water partition coefficient (Wildman–Crippen LogP) is 6.13. The van der Waals surface area contributed by atoms with Gasteiger partial charge in [-0.3, -0.25) is 4.98 Å². The number of aromatic amines is 1. The quantitative estimate of drug-likeness (QED) is 0.465. The molecule has 4 aromatic rings. The summed E-state index contributed by atoms with van der Waals surface area (Å²) in [5.74, 6) is 0.597. The number of benzene rings is 2. The van der Waals surface area contributed by atoms with Gasteiger partial charge in [0.15, 0.2) is 0 Å². The van der Waals surface area contributed by atoms with Gasteiger partial charge in [0.2, 0.25) is 0 Å². The lowest BCUT2D eigenvalue weighted by atomic mass is 10.0. The van der Waals surface area contributed by atoms with Crippen LogP contribution in [0.5, 0.6) is 0 Å². The van der Waals surface area contributed by atoms with Gasteiger partial charge in [-0.2, -0.15) is 13.2 Å². The number of alkyl halides is 3. The molecule has 0 bridgehead atoms. The molecule has 6 heteroatoms. The molecule has 0 aliphatic carbocycles. The molecule has 0 unspecified atom stereocenters. The summed E-state index contributed by atoms with van der Waals surface area (Å²) in [7, 11) is 0. The Balaban J connectivity index is 1.89. The minimum absolute atomic E-state index is 0.399. The Morgan fingerprint density at radius 2 is 1.54 bits per heavy atom. The number of hydrogen-bond donors (Lipinski definition) is 1. The monoisotopic (exact) mass is 379 g/mol. The first-order chi connectivity index (χ1) is 13.4. The number of hydrogen-bond acceptors (Lipinski definition) is 2. The second-order valence-electron chi connectivity index (χ2n) is 6.49. The van der Waals surface area contributed by atoms with E-state index in [-0.39, 0.29) is 0 Å². The van der Waals surface area contributed by atoms with Crippen LogP contribution in [0, 0.1) is 6.92 Å². The Bertz CT molecular complexity index is 1100. The molecule has 0 amide bonds. The van der Waals surface area contributed by atoms with Crippen LogP contribution in [0.25, 0.3) is 33.9 Å². The first kappa shape index (κ1) is 18.0. The van der Waals surface area contributed by atoms with E-state index in [0.717, 1.165) is 28.8 Å². The zero-order valence-corrected chi connectivity index (χ0v) is 15.0. The largest absolute Gasteiger partial charge is 0.416 e. The lowest BCUT2D eigenvalue weighted by Crippen LogP contribution is -2.04. The van der Waals surface area contributed by atoms with Crippen molar-refractivity contribution in [2.75, 3.05) is 0 Å². The van der Waals surface area contributed by atoms with Crippen LogP contribution in [0.3, 0.4) is 0 Å². The van der Waals surface area contributed by atoms with Gasteiger partial charge >= 0.3 is 6.18 Å². The molecule has 3 nitrogen and oxygen atoms in total.